The summed E-state index contributed by atoms with van der Waals surface area (Å²) < 4.78 is 0. The van der Waals surface area contributed by atoms with Gasteiger partial charge in [-0.15, -0.1) is 0 Å². The Kier molecular flexibility index (Phi) is 3.83. The monoisotopic (exact) mass is 315 g/mol. The summed E-state index contributed by atoms with van der Waals surface area (Å²) in [4.78, 5) is 25.7. The van der Waals surface area contributed by atoms with Crippen LogP contribution < -0.4 is 10.2 Å². The fourth-order valence-corrected chi connectivity index (χ4v) is 3.78. The molecule has 1 amide bonds. The Labute approximate surface area is 137 Å². The van der Waals surface area contributed by atoms with E-state index in [0.717, 1.165) is 30.0 Å². The summed E-state index contributed by atoms with van der Waals surface area (Å²) in [5.74, 6) is 2.03. The summed E-state index contributed by atoms with van der Waals surface area (Å²) >= 11 is 0. The SMILES string of the molecule is CN1CC(=O)N(C2CCCCC2)Cc2c(NC3CC3)ncnc21. The molecule has 0 saturated heterocycles. The summed E-state index contributed by atoms with van der Waals surface area (Å²) in [6.45, 7) is 1.04. The Bertz CT molecular complexity index is 595. The lowest BCUT2D eigenvalue weighted by atomic mass is 9.94. The Balaban J connectivity index is 1.66. The first kappa shape index (κ1) is 14.7. The lowest BCUT2D eigenvalue weighted by molar-refractivity contribution is -0.133. The summed E-state index contributed by atoms with van der Waals surface area (Å²) in [6.07, 6.45) is 10.0. The van der Waals surface area contributed by atoms with Gasteiger partial charge in [-0.05, 0) is 25.7 Å². The van der Waals surface area contributed by atoms with E-state index in [0.29, 0.717) is 25.2 Å². The van der Waals surface area contributed by atoms with E-state index in [1.54, 1.807) is 6.33 Å². The molecule has 124 valence electrons. The van der Waals surface area contributed by atoms with Crippen molar-refractivity contribution in [2.24, 2.45) is 0 Å². The smallest absolute Gasteiger partial charge is 0.242 e. The van der Waals surface area contributed by atoms with Crippen LogP contribution in [0.2, 0.25) is 0 Å². The molecule has 2 fully saturated rings. The maximum Gasteiger partial charge on any atom is 0.242 e. The molecule has 1 aromatic heterocycles. The third-order valence-electron chi connectivity index (χ3n) is 5.24. The summed E-state index contributed by atoms with van der Waals surface area (Å²) in [6, 6.07) is 0.922. The lowest BCUT2D eigenvalue weighted by Crippen LogP contribution is -2.43. The normalized spacial score (nSPS) is 22.7. The minimum atomic E-state index is 0.217. The van der Waals surface area contributed by atoms with Gasteiger partial charge in [-0.1, -0.05) is 19.3 Å². The minimum Gasteiger partial charge on any atom is -0.367 e. The second-order valence-electron chi connectivity index (χ2n) is 7.11. The molecule has 0 atom stereocenters. The van der Waals surface area contributed by atoms with Crippen molar-refractivity contribution < 1.29 is 4.79 Å². The number of nitrogens with one attached hydrogen (secondary N) is 1. The third kappa shape index (κ3) is 2.99. The van der Waals surface area contributed by atoms with Gasteiger partial charge in [-0.3, -0.25) is 4.79 Å². The zero-order valence-corrected chi connectivity index (χ0v) is 13.8. The van der Waals surface area contributed by atoms with E-state index < -0.39 is 0 Å². The molecule has 6 heteroatoms. The number of carbonyl (C=O) groups excluding carboxylic acids is 1. The quantitative estimate of drug-likeness (QED) is 0.926. The average Bonchev–Trinajstić information content (AvgIpc) is 3.38. The van der Waals surface area contributed by atoms with Gasteiger partial charge in [0, 0.05) is 19.1 Å². The molecule has 1 aromatic rings. The van der Waals surface area contributed by atoms with Crippen LogP contribution in [0.1, 0.15) is 50.5 Å². The van der Waals surface area contributed by atoms with Crippen molar-refractivity contribution in [3.05, 3.63) is 11.9 Å². The molecule has 4 rings (SSSR count). The number of anilines is 2. The Morgan fingerprint density at radius 2 is 1.87 bits per heavy atom. The number of amides is 1. The van der Waals surface area contributed by atoms with Crippen molar-refractivity contribution in [1.82, 2.24) is 14.9 Å². The van der Waals surface area contributed by atoms with Gasteiger partial charge in [0.25, 0.3) is 0 Å². The molecule has 0 spiro atoms. The molecule has 6 nitrogen and oxygen atoms in total. The van der Waals surface area contributed by atoms with Crippen LogP contribution in [-0.4, -0.2) is 46.5 Å². The molecule has 3 aliphatic rings. The number of likely N-dealkylation sites (N-methyl/N-ethyl adjacent to an activating group) is 1. The van der Waals surface area contributed by atoms with Crippen LogP contribution in [-0.2, 0) is 11.3 Å². The summed E-state index contributed by atoms with van der Waals surface area (Å²) in [5.41, 5.74) is 1.08. The zero-order valence-electron chi connectivity index (χ0n) is 13.8. The highest BCUT2D eigenvalue weighted by molar-refractivity contribution is 5.84. The van der Waals surface area contributed by atoms with Gasteiger partial charge >= 0.3 is 0 Å². The van der Waals surface area contributed by atoms with E-state index in [4.69, 9.17) is 0 Å². The van der Waals surface area contributed by atoms with Crippen LogP contribution in [0.15, 0.2) is 6.33 Å². The van der Waals surface area contributed by atoms with E-state index in [2.05, 4.69) is 20.2 Å². The molecule has 0 radical (unpaired) electrons. The Morgan fingerprint density at radius 3 is 2.61 bits per heavy atom. The number of carbonyl (C=O) groups is 1. The number of hydrogen-bond acceptors (Lipinski definition) is 5. The van der Waals surface area contributed by atoms with Crippen LogP contribution >= 0.6 is 0 Å². The van der Waals surface area contributed by atoms with Crippen LogP contribution in [0.4, 0.5) is 11.6 Å². The second-order valence-corrected chi connectivity index (χ2v) is 7.11. The minimum absolute atomic E-state index is 0.217. The fraction of sp³-hybridized carbons (Fsp3) is 0.706. The van der Waals surface area contributed by atoms with Crippen LogP contribution in [0.25, 0.3) is 0 Å². The third-order valence-corrected chi connectivity index (χ3v) is 5.24. The van der Waals surface area contributed by atoms with Crippen molar-refractivity contribution in [1.29, 1.82) is 0 Å². The van der Waals surface area contributed by atoms with Gasteiger partial charge in [0.15, 0.2) is 0 Å². The molecule has 2 aliphatic carbocycles. The first-order valence-electron chi connectivity index (χ1n) is 8.83. The highest BCUT2D eigenvalue weighted by atomic mass is 16.2. The Hall–Kier alpha value is -1.85. The predicted molar refractivity (Wildman–Crippen MR) is 89.4 cm³/mol. The largest absolute Gasteiger partial charge is 0.367 e. The fourth-order valence-electron chi connectivity index (χ4n) is 3.78. The predicted octanol–water partition coefficient (Wildman–Crippen LogP) is 2.16. The van der Waals surface area contributed by atoms with E-state index >= 15 is 0 Å². The molecule has 0 aromatic carbocycles. The molecule has 2 saturated carbocycles. The van der Waals surface area contributed by atoms with E-state index in [9.17, 15) is 4.79 Å². The van der Waals surface area contributed by atoms with Crippen molar-refractivity contribution in [3.63, 3.8) is 0 Å². The maximum absolute atomic E-state index is 12.8. The van der Waals surface area contributed by atoms with E-state index in [1.165, 1.54) is 32.1 Å². The average molecular weight is 315 g/mol. The van der Waals surface area contributed by atoms with Gasteiger partial charge in [0.1, 0.15) is 18.0 Å². The van der Waals surface area contributed by atoms with Gasteiger partial charge in [0.05, 0.1) is 18.7 Å². The van der Waals surface area contributed by atoms with E-state index in [1.807, 2.05) is 11.9 Å². The standard InChI is InChI=1S/C17H25N5O/c1-21-10-15(23)22(13-5-3-2-4-6-13)9-14-16(20-12-7-8-12)18-11-19-17(14)21/h11-13H,2-10H2,1H3,(H,18,19,20). The molecule has 1 aliphatic heterocycles. The van der Waals surface area contributed by atoms with Crippen molar-refractivity contribution in [2.45, 2.75) is 63.6 Å². The van der Waals surface area contributed by atoms with Crippen molar-refractivity contribution >= 4 is 17.5 Å². The first-order chi connectivity index (χ1) is 11.2. The van der Waals surface area contributed by atoms with Crippen molar-refractivity contribution in [3.8, 4) is 0 Å². The highest BCUT2D eigenvalue weighted by Gasteiger charge is 2.33. The first-order valence-corrected chi connectivity index (χ1v) is 8.83. The molecule has 1 N–H and O–H groups in total. The second kappa shape index (κ2) is 5.98. The lowest BCUT2D eigenvalue weighted by Gasteiger charge is -2.33. The summed E-state index contributed by atoms with van der Waals surface area (Å²) in [7, 11) is 1.95. The zero-order chi connectivity index (χ0) is 15.8. The topological polar surface area (TPSA) is 61.4 Å². The van der Waals surface area contributed by atoms with Crippen LogP contribution in [0, 0.1) is 0 Å². The van der Waals surface area contributed by atoms with Gasteiger partial charge in [-0.2, -0.15) is 0 Å². The molecule has 23 heavy (non-hydrogen) atoms. The molecular weight excluding hydrogens is 290 g/mol. The number of rotatable bonds is 3. The molecule has 2 heterocycles. The van der Waals surface area contributed by atoms with Crippen LogP contribution in [0.3, 0.4) is 0 Å². The summed E-state index contributed by atoms with van der Waals surface area (Å²) in [5, 5.41) is 3.51. The molecule has 0 bridgehead atoms. The molecular formula is C17H25N5O. The number of fused-ring (bicyclic) bond motifs is 1. The van der Waals surface area contributed by atoms with Gasteiger partial charge in [0.2, 0.25) is 5.91 Å². The van der Waals surface area contributed by atoms with Crippen molar-refractivity contribution in [2.75, 3.05) is 23.8 Å². The van der Waals surface area contributed by atoms with E-state index in [-0.39, 0.29) is 5.91 Å². The number of hydrogen-bond donors (Lipinski definition) is 1. The number of aromatic nitrogens is 2. The number of nitrogens with zero attached hydrogens (tertiary/aromatic N) is 4. The Morgan fingerprint density at radius 1 is 1.09 bits per heavy atom. The van der Waals surface area contributed by atoms with Gasteiger partial charge < -0.3 is 15.1 Å². The van der Waals surface area contributed by atoms with Gasteiger partial charge in [-0.25, -0.2) is 9.97 Å². The highest BCUT2D eigenvalue weighted by Crippen LogP contribution is 2.33. The van der Waals surface area contributed by atoms with Crippen LogP contribution in [0.5, 0.6) is 0 Å². The maximum atomic E-state index is 12.8. The molecule has 0 unspecified atom stereocenters.